The summed E-state index contributed by atoms with van der Waals surface area (Å²) in [4.78, 5) is 28.0. The molecular weight excluding hydrogens is 534 g/mol. The molecule has 2 heterocycles. The summed E-state index contributed by atoms with van der Waals surface area (Å²) in [5.41, 5.74) is 0.989. The van der Waals surface area contributed by atoms with Gasteiger partial charge in [-0.2, -0.15) is 0 Å². The first kappa shape index (κ1) is 29.9. The van der Waals surface area contributed by atoms with Crippen LogP contribution in [0.25, 0.3) is 6.08 Å². The summed E-state index contributed by atoms with van der Waals surface area (Å²) in [6, 6.07) is 6.66. The van der Waals surface area contributed by atoms with Crippen molar-refractivity contribution in [1.29, 1.82) is 0 Å². The quantitative estimate of drug-likeness (QED) is 0.290. The Morgan fingerprint density at radius 3 is 1.78 bits per heavy atom. The van der Waals surface area contributed by atoms with E-state index in [2.05, 4.69) is 4.90 Å². The first-order valence-corrected chi connectivity index (χ1v) is 13.2. The Balaban J connectivity index is 1.40. The van der Waals surface area contributed by atoms with Gasteiger partial charge in [-0.25, -0.2) is 9.59 Å². The van der Waals surface area contributed by atoms with Crippen LogP contribution >= 0.6 is 0 Å². The van der Waals surface area contributed by atoms with Gasteiger partial charge in [-0.05, 0) is 43.0 Å². The number of rotatable bonds is 11. The Morgan fingerprint density at radius 1 is 0.732 bits per heavy atom. The van der Waals surface area contributed by atoms with Gasteiger partial charge in [0.1, 0.15) is 12.2 Å². The van der Waals surface area contributed by atoms with Crippen LogP contribution in [0, 0.1) is 0 Å². The number of ether oxygens (including phenoxy) is 8. The minimum absolute atomic E-state index is 0.0787. The lowest BCUT2D eigenvalue weighted by atomic mass is 10.00. The van der Waals surface area contributed by atoms with Crippen LogP contribution in [0.1, 0.15) is 35.2 Å². The van der Waals surface area contributed by atoms with Crippen LogP contribution in [0.3, 0.4) is 0 Å². The van der Waals surface area contributed by atoms with Gasteiger partial charge < -0.3 is 37.9 Å². The summed E-state index contributed by atoms with van der Waals surface area (Å²) < 4.78 is 43.9. The summed E-state index contributed by atoms with van der Waals surface area (Å²) in [7, 11) is 11.1. The van der Waals surface area contributed by atoms with Crippen molar-refractivity contribution in [2.24, 2.45) is 0 Å². The molecule has 2 aromatic carbocycles. The Bertz CT molecular complexity index is 1240. The minimum Gasteiger partial charge on any atom is -0.493 e. The molecule has 0 radical (unpaired) electrons. The van der Waals surface area contributed by atoms with Crippen LogP contribution in [0.2, 0.25) is 0 Å². The molecule has 11 nitrogen and oxygen atoms in total. The van der Waals surface area contributed by atoms with Crippen LogP contribution in [0.15, 0.2) is 30.3 Å². The van der Waals surface area contributed by atoms with E-state index in [-0.39, 0.29) is 24.3 Å². The highest BCUT2D eigenvalue weighted by molar-refractivity contribution is 5.91. The molecule has 0 N–H and O–H groups in total. The largest absolute Gasteiger partial charge is 0.493 e. The molecule has 0 aliphatic carbocycles. The number of methoxy groups -OCH3 is 6. The lowest BCUT2D eigenvalue weighted by Crippen LogP contribution is -2.46. The maximum absolute atomic E-state index is 13.1. The van der Waals surface area contributed by atoms with Gasteiger partial charge in [0.25, 0.3) is 0 Å². The molecule has 0 aromatic heterocycles. The van der Waals surface area contributed by atoms with Gasteiger partial charge in [0, 0.05) is 31.4 Å². The first-order chi connectivity index (χ1) is 19.8. The standard InChI is InChI=1S/C30H37NO10/c1-31-19-14-20(40-30(33)18-12-25(36-4)29(39-7)26(13-18)37-5)16-21(31)22(15-19)41-27(32)9-8-17-10-23(34-2)28(38-6)24(11-17)35-3/h8-13,19-22H,14-16H2,1-7H3/b9-8+/t19-,20+,21+,22+/m1/s1. The molecule has 0 unspecified atom stereocenters. The van der Waals surface area contributed by atoms with Crippen molar-refractivity contribution >= 4 is 18.0 Å². The van der Waals surface area contributed by atoms with Crippen LogP contribution in [-0.4, -0.2) is 90.8 Å². The van der Waals surface area contributed by atoms with Gasteiger partial charge in [-0.1, -0.05) is 0 Å². The molecule has 0 saturated carbocycles. The lowest BCUT2D eigenvalue weighted by Gasteiger charge is -2.36. The first-order valence-electron chi connectivity index (χ1n) is 13.2. The van der Waals surface area contributed by atoms with E-state index in [1.807, 2.05) is 7.05 Å². The van der Waals surface area contributed by atoms with Crippen molar-refractivity contribution in [2.75, 3.05) is 49.7 Å². The van der Waals surface area contributed by atoms with Crippen molar-refractivity contribution < 1.29 is 47.5 Å². The molecule has 2 aliphatic heterocycles. The van der Waals surface area contributed by atoms with Gasteiger partial charge in [-0.15, -0.1) is 0 Å². The zero-order chi connectivity index (χ0) is 29.7. The van der Waals surface area contributed by atoms with Crippen molar-refractivity contribution in [2.45, 2.75) is 43.6 Å². The molecule has 2 aromatic rings. The number of benzene rings is 2. The second-order valence-corrected chi connectivity index (χ2v) is 9.80. The topological polar surface area (TPSA) is 111 Å². The molecular formula is C30H37NO10. The highest BCUT2D eigenvalue weighted by atomic mass is 16.6. The van der Waals surface area contributed by atoms with E-state index >= 15 is 0 Å². The molecule has 222 valence electrons. The summed E-state index contributed by atoms with van der Waals surface area (Å²) in [5, 5.41) is 0. The fourth-order valence-electron chi connectivity index (χ4n) is 5.57. The molecule has 11 heteroatoms. The highest BCUT2D eigenvalue weighted by Gasteiger charge is 2.47. The fourth-order valence-corrected chi connectivity index (χ4v) is 5.57. The molecule has 0 amide bonds. The Labute approximate surface area is 239 Å². The van der Waals surface area contributed by atoms with Crippen molar-refractivity contribution in [1.82, 2.24) is 4.90 Å². The highest BCUT2D eigenvalue weighted by Crippen LogP contribution is 2.41. The average Bonchev–Trinajstić information content (AvgIpc) is 3.14. The second-order valence-electron chi connectivity index (χ2n) is 9.80. The average molecular weight is 572 g/mol. The number of likely N-dealkylation sites (N-methyl/N-ethyl adjacent to an activating group) is 1. The van der Waals surface area contributed by atoms with E-state index < -0.39 is 11.9 Å². The molecule has 41 heavy (non-hydrogen) atoms. The van der Waals surface area contributed by atoms with E-state index in [9.17, 15) is 9.59 Å². The normalized spacial score (nSPS) is 21.7. The molecule has 2 aliphatic rings. The number of esters is 2. The summed E-state index contributed by atoms with van der Waals surface area (Å²) >= 11 is 0. The molecule has 0 spiro atoms. The van der Waals surface area contributed by atoms with E-state index in [1.165, 1.54) is 48.7 Å². The third-order valence-corrected chi connectivity index (χ3v) is 7.61. The zero-order valence-corrected chi connectivity index (χ0v) is 24.4. The maximum atomic E-state index is 13.1. The van der Waals surface area contributed by atoms with E-state index in [4.69, 9.17) is 37.9 Å². The van der Waals surface area contributed by atoms with E-state index in [0.29, 0.717) is 64.9 Å². The monoisotopic (exact) mass is 571 g/mol. The molecule has 4 rings (SSSR count). The maximum Gasteiger partial charge on any atom is 0.338 e. The van der Waals surface area contributed by atoms with Crippen LogP contribution in [-0.2, 0) is 14.3 Å². The fraction of sp³-hybridized carbons (Fsp3) is 0.467. The van der Waals surface area contributed by atoms with E-state index in [1.54, 1.807) is 30.3 Å². The number of carbonyl (C=O) groups is 2. The van der Waals surface area contributed by atoms with Crippen LogP contribution in [0.4, 0.5) is 0 Å². The molecule has 4 atom stereocenters. The Kier molecular flexibility index (Phi) is 9.49. The van der Waals surface area contributed by atoms with Gasteiger partial charge >= 0.3 is 11.9 Å². The second kappa shape index (κ2) is 13.0. The predicted molar refractivity (Wildman–Crippen MR) is 150 cm³/mol. The van der Waals surface area contributed by atoms with Gasteiger partial charge in [0.05, 0.1) is 54.3 Å². The van der Waals surface area contributed by atoms with Crippen molar-refractivity contribution in [3.8, 4) is 34.5 Å². The van der Waals surface area contributed by atoms with Gasteiger partial charge in [0.15, 0.2) is 23.0 Å². The predicted octanol–water partition coefficient (Wildman–Crippen LogP) is 3.76. The Hall–Kier alpha value is -4.12. The van der Waals surface area contributed by atoms with Gasteiger partial charge in [-0.3, -0.25) is 4.90 Å². The zero-order valence-electron chi connectivity index (χ0n) is 24.4. The van der Waals surface area contributed by atoms with Crippen molar-refractivity contribution in [3.63, 3.8) is 0 Å². The number of carbonyl (C=O) groups excluding carboxylic acids is 2. The third-order valence-electron chi connectivity index (χ3n) is 7.61. The summed E-state index contributed by atoms with van der Waals surface area (Å²) in [6.45, 7) is 0. The lowest BCUT2D eigenvalue weighted by molar-refractivity contribution is -0.144. The molecule has 2 bridgehead atoms. The van der Waals surface area contributed by atoms with Crippen LogP contribution in [0.5, 0.6) is 34.5 Å². The number of hydrogen-bond donors (Lipinski definition) is 0. The van der Waals surface area contributed by atoms with E-state index in [0.717, 1.165) is 0 Å². The van der Waals surface area contributed by atoms with Crippen LogP contribution < -0.4 is 28.4 Å². The molecule has 2 fully saturated rings. The minimum atomic E-state index is -0.486. The SMILES string of the molecule is COc1cc(/C=C/C(=O)O[C@H]2C[C@H]3C[C@H](OC(=O)c4cc(OC)c(OC)c(OC)c4)C[C@@H]2N3C)cc(OC)c1OC. The summed E-state index contributed by atoms with van der Waals surface area (Å²) in [5.74, 6) is 1.62. The van der Waals surface area contributed by atoms with Crippen molar-refractivity contribution in [3.05, 3.63) is 41.5 Å². The number of fused-ring (bicyclic) bond motifs is 2. The molecule has 2 saturated heterocycles. The Morgan fingerprint density at radius 2 is 1.27 bits per heavy atom. The third kappa shape index (κ3) is 6.30. The number of nitrogens with zero attached hydrogens (tertiary/aromatic N) is 1. The number of hydrogen-bond acceptors (Lipinski definition) is 11. The smallest absolute Gasteiger partial charge is 0.338 e. The number of piperidine rings is 1. The summed E-state index contributed by atoms with van der Waals surface area (Å²) in [6.07, 6.45) is 4.20. The van der Waals surface area contributed by atoms with Gasteiger partial charge in [0.2, 0.25) is 11.5 Å².